The molecule has 0 atom stereocenters. The van der Waals surface area contributed by atoms with Crippen LogP contribution < -0.4 is 0 Å². The molecule has 0 aromatic rings. The van der Waals surface area contributed by atoms with Crippen molar-refractivity contribution in [1.29, 1.82) is 0 Å². The number of rotatable bonds is 2. The molecule has 12 heavy (non-hydrogen) atoms. The molecule has 0 aromatic carbocycles. The van der Waals surface area contributed by atoms with Crippen LogP contribution in [0.5, 0.6) is 0 Å². The SMILES string of the molecule is CC(C)O.CCCC(=O)O.[AlH3].[Zr]. The normalized spacial score (nSPS) is 7.08. The maximum Gasteiger partial charge on any atom is 0.303 e. The summed E-state index contributed by atoms with van der Waals surface area (Å²) in [7, 11) is 0. The molecular weight excluding hydrogens is 250 g/mol. The van der Waals surface area contributed by atoms with Gasteiger partial charge in [0.05, 0.1) is 0 Å². The smallest absolute Gasteiger partial charge is 0.303 e. The number of aliphatic hydroxyl groups excluding tert-OH is 1. The van der Waals surface area contributed by atoms with E-state index in [1.54, 1.807) is 13.8 Å². The Labute approximate surface area is 104 Å². The van der Waals surface area contributed by atoms with Gasteiger partial charge in [0.1, 0.15) is 0 Å². The van der Waals surface area contributed by atoms with Gasteiger partial charge in [0, 0.05) is 38.7 Å². The number of aliphatic carboxylic acids is 1. The second-order valence-corrected chi connectivity index (χ2v) is 2.24. The van der Waals surface area contributed by atoms with Crippen LogP contribution in [-0.2, 0) is 31.0 Å². The summed E-state index contributed by atoms with van der Waals surface area (Å²) in [6.07, 6.45) is 0.856. The average molecular weight is 269 g/mol. The fraction of sp³-hybridized carbons (Fsp3) is 0.857. The van der Waals surface area contributed by atoms with Crippen molar-refractivity contribution in [3.63, 3.8) is 0 Å². The molecule has 2 N–H and O–H groups in total. The molecule has 0 fully saturated rings. The van der Waals surface area contributed by atoms with Gasteiger partial charge in [0.15, 0.2) is 17.4 Å². The molecule has 0 unspecified atom stereocenters. The van der Waals surface area contributed by atoms with E-state index in [0.29, 0.717) is 6.42 Å². The van der Waals surface area contributed by atoms with Gasteiger partial charge in [-0.05, 0) is 20.3 Å². The van der Waals surface area contributed by atoms with Crippen LogP contribution in [0.15, 0.2) is 0 Å². The Balaban J connectivity index is -0.0000000483. The number of aliphatic hydroxyl groups is 1. The molecule has 0 rings (SSSR count). The zero-order valence-electron chi connectivity index (χ0n) is 7.29. The number of carboxylic acids is 1. The van der Waals surface area contributed by atoms with E-state index in [1.807, 2.05) is 6.92 Å². The zero-order chi connectivity index (χ0) is 8.57. The predicted molar refractivity (Wildman–Crippen MR) is 49.8 cm³/mol. The van der Waals surface area contributed by atoms with Crippen molar-refractivity contribution in [1.82, 2.24) is 0 Å². The van der Waals surface area contributed by atoms with E-state index in [0.717, 1.165) is 6.42 Å². The first-order valence-electron chi connectivity index (χ1n) is 3.40. The molecule has 0 aliphatic rings. The van der Waals surface area contributed by atoms with Gasteiger partial charge in [-0.2, -0.15) is 0 Å². The minimum Gasteiger partial charge on any atom is -0.481 e. The van der Waals surface area contributed by atoms with Gasteiger partial charge in [-0.3, -0.25) is 4.79 Å². The van der Waals surface area contributed by atoms with E-state index in [-0.39, 0.29) is 49.7 Å². The molecule has 0 spiro atoms. The van der Waals surface area contributed by atoms with Crippen LogP contribution in [0, 0.1) is 0 Å². The van der Waals surface area contributed by atoms with Crippen LogP contribution in [0.4, 0.5) is 0 Å². The molecule has 0 aliphatic heterocycles. The van der Waals surface area contributed by atoms with Crippen molar-refractivity contribution >= 4 is 23.3 Å². The monoisotopic (exact) mass is 268 g/mol. The maximum absolute atomic E-state index is 9.60. The van der Waals surface area contributed by atoms with Crippen LogP contribution in [0.3, 0.4) is 0 Å². The minimum absolute atomic E-state index is 0. The van der Waals surface area contributed by atoms with Crippen LogP contribution in [0.1, 0.15) is 33.6 Å². The van der Waals surface area contributed by atoms with Gasteiger partial charge < -0.3 is 10.2 Å². The van der Waals surface area contributed by atoms with Gasteiger partial charge in [-0.25, -0.2) is 0 Å². The maximum atomic E-state index is 9.60. The van der Waals surface area contributed by atoms with Gasteiger partial charge in [0.25, 0.3) is 0 Å². The summed E-state index contributed by atoms with van der Waals surface area (Å²) in [5, 5.41) is 16.0. The Bertz CT molecular complexity index is 86.0. The molecule has 0 aromatic heterocycles. The second kappa shape index (κ2) is 17.8. The standard InChI is InChI=1S/C4H8O2.C3H8O.Al.Zr.3H/c1-2-3-4(5)6;1-3(2)4;;;;;/h2-3H2,1H3,(H,5,6);3-4H,1-2H3;;;;;. The van der Waals surface area contributed by atoms with Gasteiger partial charge >= 0.3 is 5.97 Å². The first kappa shape index (κ1) is 23.0. The molecule has 0 heterocycles. The summed E-state index contributed by atoms with van der Waals surface area (Å²) in [5.74, 6) is -0.711. The van der Waals surface area contributed by atoms with Crippen molar-refractivity contribution in [2.45, 2.75) is 39.7 Å². The quantitative estimate of drug-likeness (QED) is 0.698. The van der Waals surface area contributed by atoms with Crippen LogP contribution >= 0.6 is 0 Å². The summed E-state index contributed by atoms with van der Waals surface area (Å²) in [6.45, 7) is 5.29. The molecule has 0 radical (unpaired) electrons. The molecule has 0 bridgehead atoms. The van der Waals surface area contributed by atoms with Crippen LogP contribution in [0.2, 0.25) is 0 Å². The molecule has 72 valence electrons. The van der Waals surface area contributed by atoms with E-state index >= 15 is 0 Å². The first-order valence-corrected chi connectivity index (χ1v) is 3.40. The van der Waals surface area contributed by atoms with Crippen molar-refractivity contribution in [3.05, 3.63) is 0 Å². The first-order chi connectivity index (χ1) is 4.50. The summed E-state index contributed by atoms with van der Waals surface area (Å²) in [4.78, 5) is 9.60. The topological polar surface area (TPSA) is 57.5 Å². The molecule has 5 heteroatoms. The third-order valence-corrected chi connectivity index (χ3v) is 0.464. The van der Waals surface area contributed by atoms with E-state index < -0.39 is 5.97 Å². The Morgan fingerprint density at radius 3 is 1.67 bits per heavy atom. The number of hydrogen-bond donors (Lipinski definition) is 2. The minimum atomic E-state index is -0.711. The van der Waals surface area contributed by atoms with E-state index in [2.05, 4.69) is 0 Å². The summed E-state index contributed by atoms with van der Waals surface area (Å²) < 4.78 is 0. The van der Waals surface area contributed by atoms with E-state index in [1.165, 1.54) is 0 Å². The molecule has 0 saturated heterocycles. The number of carboxylic acid groups (broad SMARTS) is 1. The Kier molecular flexibility index (Phi) is 34.2. The van der Waals surface area contributed by atoms with E-state index in [9.17, 15) is 4.79 Å². The van der Waals surface area contributed by atoms with Crippen molar-refractivity contribution in [2.24, 2.45) is 0 Å². The summed E-state index contributed by atoms with van der Waals surface area (Å²) >= 11 is 0. The van der Waals surface area contributed by atoms with Gasteiger partial charge in [0.2, 0.25) is 0 Å². The Hall–Kier alpha value is 0.846. The van der Waals surface area contributed by atoms with Crippen molar-refractivity contribution in [2.75, 3.05) is 0 Å². The second-order valence-electron chi connectivity index (χ2n) is 2.24. The molecule has 3 nitrogen and oxygen atoms in total. The number of carbonyl (C=O) groups is 1. The van der Waals surface area contributed by atoms with E-state index in [4.69, 9.17) is 10.2 Å². The fourth-order valence-corrected chi connectivity index (χ4v) is 0.214. The molecular formula is C7H19AlO3Zr. The summed E-state index contributed by atoms with van der Waals surface area (Å²) in [6, 6.07) is 0. The Morgan fingerprint density at radius 2 is 1.67 bits per heavy atom. The third-order valence-electron chi connectivity index (χ3n) is 0.464. The molecule has 0 aliphatic carbocycles. The third kappa shape index (κ3) is 71.1. The zero-order valence-corrected chi connectivity index (χ0v) is 9.75. The average Bonchev–Trinajstić information content (AvgIpc) is 1.62. The molecule has 0 saturated carbocycles. The van der Waals surface area contributed by atoms with Crippen molar-refractivity contribution in [3.8, 4) is 0 Å². The van der Waals surface area contributed by atoms with Crippen LogP contribution in [-0.4, -0.2) is 39.6 Å². The van der Waals surface area contributed by atoms with Crippen molar-refractivity contribution < 1.29 is 41.2 Å². The molecule has 0 amide bonds. The largest absolute Gasteiger partial charge is 0.481 e. The summed E-state index contributed by atoms with van der Waals surface area (Å²) in [5.41, 5.74) is 0. The predicted octanol–water partition coefficient (Wildman–Crippen LogP) is 0.0718. The van der Waals surface area contributed by atoms with Gasteiger partial charge in [-0.15, -0.1) is 0 Å². The van der Waals surface area contributed by atoms with Gasteiger partial charge in [-0.1, -0.05) is 6.92 Å². The fourth-order valence-electron chi connectivity index (χ4n) is 0.214. The van der Waals surface area contributed by atoms with Crippen LogP contribution in [0.25, 0.3) is 0 Å². The Morgan fingerprint density at radius 1 is 1.42 bits per heavy atom. The number of hydrogen-bond acceptors (Lipinski definition) is 2.